The largest absolute Gasteiger partial charge is 0.491 e. The number of rotatable bonds is 5. The van der Waals surface area contributed by atoms with Gasteiger partial charge >= 0.3 is 5.97 Å². The molecule has 0 aromatic heterocycles. The monoisotopic (exact) mass is 409 g/mol. The SMILES string of the molecule is CC1=NC2=C(C(=O)CCC2)[C@H](c2ccccc2OC(C)C)C1C(=O)OC1CCCC1. The minimum Gasteiger partial charge on any atom is -0.491 e. The highest BCUT2D eigenvalue weighted by atomic mass is 16.5. The van der Waals surface area contributed by atoms with Crippen molar-refractivity contribution in [1.82, 2.24) is 0 Å². The van der Waals surface area contributed by atoms with E-state index in [2.05, 4.69) is 0 Å². The lowest BCUT2D eigenvalue weighted by molar-refractivity contribution is -0.151. The molecule has 3 aliphatic rings. The van der Waals surface area contributed by atoms with Crippen LogP contribution in [-0.4, -0.2) is 29.7 Å². The fourth-order valence-corrected chi connectivity index (χ4v) is 4.99. The topological polar surface area (TPSA) is 65.0 Å². The fourth-order valence-electron chi connectivity index (χ4n) is 4.99. The third-order valence-electron chi connectivity index (χ3n) is 6.29. The van der Waals surface area contributed by atoms with Crippen LogP contribution in [0.5, 0.6) is 5.75 Å². The Kier molecular flexibility index (Phi) is 6.07. The second kappa shape index (κ2) is 8.75. The van der Waals surface area contributed by atoms with Gasteiger partial charge in [0.1, 0.15) is 17.8 Å². The molecule has 1 saturated carbocycles. The molecule has 0 amide bonds. The number of hydrogen-bond donors (Lipinski definition) is 0. The summed E-state index contributed by atoms with van der Waals surface area (Å²) in [5.41, 5.74) is 3.12. The molecule has 1 aromatic rings. The number of hydrogen-bond acceptors (Lipinski definition) is 5. The van der Waals surface area contributed by atoms with Gasteiger partial charge in [-0.3, -0.25) is 14.6 Å². The van der Waals surface area contributed by atoms with E-state index in [0.29, 0.717) is 12.0 Å². The molecule has 1 heterocycles. The van der Waals surface area contributed by atoms with Crippen LogP contribution in [0.2, 0.25) is 0 Å². The van der Waals surface area contributed by atoms with E-state index < -0.39 is 11.8 Å². The molecule has 5 heteroatoms. The Bertz CT molecular complexity index is 892. The van der Waals surface area contributed by atoms with Gasteiger partial charge in [0.25, 0.3) is 0 Å². The molecule has 0 bridgehead atoms. The van der Waals surface area contributed by atoms with Gasteiger partial charge in [0.15, 0.2) is 5.78 Å². The van der Waals surface area contributed by atoms with Gasteiger partial charge in [-0.15, -0.1) is 0 Å². The number of benzene rings is 1. The summed E-state index contributed by atoms with van der Waals surface area (Å²) in [5, 5.41) is 0. The van der Waals surface area contributed by atoms with Gasteiger partial charge < -0.3 is 9.47 Å². The van der Waals surface area contributed by atoms with Gasteiger partial charge in [-0.05, 0) is 65.4 Å². The van der Waals surface area contributed by atoms with Crippen LogP contribution >= 0.6 is 0 Å². The maximum atomic E-state index is 13.4. The molecule has 1 fully saturated rings. The highest BCUT2D eigenvalue weighted by Crippen LogP contribution is 2.46. The summed E-state index contributed by atoms with van der Waals surface area (Å²) in [6, 6.07) is 7.76. The average molecular weight is 410 g/mol. The molecule has 30 heavy (non-hydrogen) atoms. The predicted molar refractivity (Wildman–Crippen MR) is 116 cm³/mol. The Morgan fingerprint density at radius 3 is 2.57 bits per heavy atom. The molecule has 1 unspecified atom stereocenters. The van der Waals surface area contributed by atoms with Crippen LogP contribution in [0, 0.1) is 5.92 Å². The van der Waals surface area contributed by atoms with Crippen molar-refractivity contribution in [2.24, 2.45) is 10.9 Å². The van der Waals surface area contributed by atoms with Gasteiger partial charge in [0.05, 0.1) is 6.10 Å². The van der Waals surface area contributed by atoms with Crippen LogP contribution in [0.25, 0.3) is 0 Å². The zero-order chi connectivity index (χ0) is 21.3. The van der Waals surface area contributed by atoms with Crippen LogP contribution in [0.3, 0.4) is 0 Å². The second-order valence-corrected chi connectivity index (χ2v) is 8.89. The number of carbonyl (C=O) groups is 2. The minimum atomic E-state index is -0.594. The zero-order valence-electron chi connectivity index (χ0n) is 18.1. The van der Waals surface area contributed by atoms with Crippen molar-refractivity contribution in [2.45, 2.75) is 83.8 Å². The number of para-hydroxylation sites is 1. The molecule has 1 aliphatic heterocycles. The molecular formula is C25H31NO4. The number of allylic oxidation sites excluding steroid dienone is 2. The van der Waals surface area contributed by atoms with E-state index >= 15 is 0 Å². The Labute approximate surface area is 178 Å². The molecule has 160 valence electrons. The van der Waals surface area contributed by atoms with Crippen LogP contribution in [0.1, 0.15) is 77.2 Å². The van der Waals surface area contributed by atoms with Crippen molar-refractivity contribution >= 4 is 17.5 Å². The number of nitrogens with zero attached hydrogens (tertiary/aromatic N) is 1. The normalized spacial score (nSPS) is 24.7. The highest BCUT2D eigenvalue weighted by molar-refractivity contribution is 6.09. The van der Waals surface area contributed by atoms with E-state index in [1.807, 2.05) is 45.0 Å². The third-order valence-corrected chi connectivity index (χ3v) is 6.29. The number of ether oxygens (including phenoxy) is 2. The Morgan fingerprint density at radius 1 is 1.10 bits per heavy atom. The van der Waals surface area contributed by atoms with Crippen LogP contribution in [0.15, 0.2) is 40.5 Å². The minimum absolute atomic E-state index is 0.0103. The molecule has 2 aliphatic carbocycles. The third kappa shape index (κ3) is 4.07. The number of esters is 1. The summed E-state index contributed by atoms with van der Waals surface area (Å²) in [7, 11) is 0. The zero-order valence-corrected chi connectivity index (χ0v) is 18.1. The smallest absolute Gasteiger partial charge is 0.315 e. The van der Waals surface area contributed by atoms with E-state index in [4.69, 9.17) is 14.5 Å². The van der Waals surface area contributed by atoms with E-state index in [0.717, 1.165) is 61.2 Å². The number of carbonyl (C=O) groups excluding carboxylic acids is 2. The average Bonchev–Trinajstić information content (AvgIpc) is 3.20. The lowest BCUT2D eigenvalue weighted by Crippen LogP contribution is -2.38. The summed E-state index contributed by atoms with van der Waals surface area (Å²) < 4.78 is 12.0. The first-order chi connectivity index (χ1) is 14.5. The van der Waals surface area contributed by atoms with E-state index in [-0.39, 0.29) is 24.0 Å². The van der Waals surface area contributed by atoms with Crippen molar-refractivity contribution in [3.05, 3.63) is 41.1 Å². The molecular weight excluding hydrogens is 378 g/mol. The molecule has 1 aromatic carbocycles. The van der Waals surface area contributed by atoms with Crippen molar-refractivity contribution in [1.29, 1.82) is 0 Å². The van der Waals surface area contributed by atoms with Crippen molar-refractivity contribution in [3.8, 4) is 5.75 Å². The number of aliphatic imine (C=N–C) groups is 1. The molecule has 5 nitrogen and oxygen atoms in total. The van der Waals surface area contributed by atoms with Gasteiger partial charge in [-0.25, -0.2) is 0 Å². The van der Waals surface area contributed by atoms with E-state index in [9.17, 15) is 9.59 Å². The van der Waals surface area contributed by atoms with Crippen LogP contribution in [-0.2, 0) is 14.3 Å². The first-order valence-corrected chi connectivity index (χ1v) is 11.2. The lowest BCUT2D eigenvalue weighted by Gasteiger charge is -2.35. The maximum absolute atomic E-state index is 13.4. The summed E-state index contributed by atoms with van der Waals surface area (Å²) in [6.07, 6.45) is 6.07. The molecule has 0 spiro atoms. The standard InChI is InChI=1S/C25H31NO4/c1-15(2)29-21-14-7-6-11-18(21)23-22(25(28)30-17-9-4-5-10-17)16(3)26-19-12-8-13-20(27)24(19)23/h6-7,11,14-15,17,22-23H,4-5,8-10,12-13H2,1-3H3/t22?,23-/m1/s1. The Balaban J connectivity index is 1.79. The summed E-state index contributed by atoms with van der Waals surface area (Å²) in [5.74, 6) is -0.457. The van der Waals surface area contributed by atoms with Crippen molar-refractivity contribution in [3.63, 3.8) is 0 Å². The van der Waals surface area contributed by atoms with Gasteiger partial charge in [-0.2, -0.15) is 0 Å². The molecule has 0 saturated heterocycles. The summed E-state index contributed by atoms with van der Waals surface area (Å²) in [6.45, 7) is 5.85. The highest BCUT2D eigenvalue weighted by Gasteiger charge is 2.44. The maximum Gasteiger partial charge on any atom is 0.315 e. The first kappa shape index (κ1) is 20.8. The second-order valence-electron chi connectivity index (χ2n) is 8.89. The molecule has 2 atom stereocenters. The molecule has 0 radical (unpaired) electrons. The lowest BCUT2D eigenvalue weighted by atomic mass is 9.71. The van der Waals surface area contributed by atoms with Gasteiger partial charge in [0, 0.05) is 34.9 Å². The summed E-state index contributed by atoms with van der Waals surface area (Å²) >= 11 is 0. The summed E-state index contributed by atoms with van der Waals surface area (Å²) in [4.78, 5) is 31.2. The van der Waals surface area contributed by atoms with Gasteiger partial charge in [0.2, 0.25) is 0 Å². The Hall–Kier alpha value is -2.43. The Morgan fingerprint density at radius 2 is 1.83 bits per heavy atom. The fraction of sp³-hybridized carbons (Fsp3) is 0.560. The molecule has 0 N–H and O–H groups in total. The predicted octanol–water partition coefficient (Wildman–Crippen LogP) is 5.14. The number of ketones is 1. The van der Waals surface area contributed by atoms with Crippen LogP contribution < -0.4 is 4.74 Å². The first-order valence-electron chi connectivity index (χ1n) is 11.2. The van der Waals surface area contributed by atoms with E-state index in [1.165, 1.54) is 0 Å². The van der Waals surface area contributed by atoms with Crippen molar-refractivity contribution < 1.29 is 19.1 Å². The molecule has 4 rings (SSSR count). The van der Waals surface area contributed by atoms with Gasteiger partial charge in [-0.1, -0.05) is 18.2 Å². The quantitative estimate of drug-likeness (QED) is 0.632. The van der Waals surface area contributed by atoms with Crippen LogP contribution in [0.4, 0.5) is 0 Å². The number of Topliss-reactive ketones (excluding diaryl/α,β-unsaturated/α-hetero) is 1. The van der Waals surface area contributed by atoms with E-state index in [1.54, 1.807) is 0 Å². The van der Waals surface area contributed by atoms with Crippen molar-refractivity contribution in [2.75, 3.05) is 0 Å².